The zero-order valence-corrected chi connectivity index (χ0v) is 16.3. The highest BCUT2D eigenvalue weighted by molar-refractivity contribution is 6.05. The molecule has 0 unspecified atom stereocenters. The van der Waals surface area contributed by atoms with E-state index in [1.807, 2.05) is 37.3 Å². The molecule has 1 aliphatic carbocycles. The number of aliphatic carboxylic acids is 1. The average molecular weight is 373 g/mol. The van der Waals surface area contributed by atoms with E-state index in [4.69, 9.17) is 5.11 Å². The molecule has 0 aliphatic heterocycles. The van der Waals surface area contributed by atoms with Gasteiger partial charge in [-0.15, -0.1) is 0 Å². The van der Waals surface area contributed by atoms with Crippen LogP contribution >= 0.6 is 0 Å². The largest absolute Gasteiger partial charge is 0.480 e. The summed E-state index contributed by atoms with van der Waals surface area (Å²) in [5.74, 6) is -0.945. The highest BCUT2D eigenvalue weighted by Crippen LogP contribution is 2.27. The van der Waals surface area contributed by atoms with Gasteiger partial charge in [0.25, 0.3) is 5.91 Å². The Morgan fingerprint density at radius 2 is 2.11 bits per heavy atom. The monoisotopic (exact) mass is 373 g/mol. The molecule has 0 saturated heterocycles. The molecule has 1 aliphatic rings. The molecular weight excluding hydrogens is 346 g/mol. The van der Waals surface area contributed by atoms with Gasteiger partial charge >= 0.3 is 5.97 Å². The third-order valence-electron chi connectivity index (χ3n) is 5.14. The third kappa shape index (κ3) is 3.95. The Kier molecular flexibility index (Phi) is 5.46. The van der Waals surface area contributed by atoms with Crippen molar-refractivity contribution < 1.29 is 14.7 Å². The molecule has 2 heterocycles. The highest BCUT2D eigenvalue weighted by atomic mass is 16.4. The number of carboxylic acid groups (broad SMARTS) is 1. The first kappa shape index (κ1) is 19.3. The number of rotatable bonds is 7. The maximum Gasteiger partial charge on any atom is 0.317 e. The van der Waals surface area contributed by atoms with Crippen molar-refractivity contribution >= 4 is 22.9 Å². The minimum atomic E-state index is -0.818. The number of aryl methyl sites for hydroxylation is 1. The topological polar surface area (TPSA) is 100 Å². The van der Waals surface area contributed by atoms with Crippen molar-refractivity contribution in [3.63, 3.8) is 0 Å². The molecule has 1 saturated carbocycles. The fourth-order valence-corrected chi connectivity index (χ4v) is 3.65. The second-order valence-corrected chi connectivity index (χ2v) is 7.48. The molecule has 8 heteroatoms. The van der Waals surface area contributed by atoms with Gasteiger partial charge in [0.05, 0.1) is 23.7 Å². The molecule has 3 rings (SSSR count). The number of pyridine rings is 1. The molecule has 2 aromatic rings. The highest BCUT2D eigenvalue weighted by Gasteiger charge is 2.35. The number of carboxylic acids is 1. The summed E-state index contributed by atoms with van der Waals surface area (Å²) < 4.78 is 1.82. The number of aromatic nitrogens is 3. The van der Waals surface area contributed by atoms with Crippen LogP contribution in [0.3, 0.4) is 0 Å². The number of fused-ring (bicyclic) bond motifs is 1. The second kappa shape index (κ2) is 7.64. The first-order valence-electron chi connectivity index (χ1n) is 9.41. The van der Waals surface area contributed by atoms with Gasteiger partial charge in [0.15, 0.2) is 5.65 Å². The maximum atomic E-state index is 12.8. The van der Waals surface area contributed by atoms with Crippen LogP contribution in [0.1, 0.15) is 55.7 Å². The van der Waals surface area contributed by atoms with Gasteiger partial charge in [0.1, 0.15) is 0 Å². The van der Waals surface area contributed by atoms with Gasteiger partial charge in [-0.2, -0.15) is 5.10 Å². The van der Waals surface area contributed by atoms with E-state index in [9.17, 15) is 9.59 Å². The van der Waals surface area contributed by atoms with Gasteiger partial charge in [-0.3, -0.25) is 14.5 Å². The summed E-state index contributed by atoms with van der Waals surface area (Å²) in [5, 5.41) is 17.2. The van der Waals surface area contributed by atoms with Gasteiger partial charge in [-0.05, 0) is 46.2 Å². The van der Waals surface area contributed by atoms with Crippen LogP contribution in [0.4, 0.5) is 0 Å². The standard InChI is InChI=1S/C19H27N5O3/c1-5-23(10-17(25)26)14-7-13(8-14)22-19(27)15-6-12(4)21-18-16(15)9-20-24(18)11(2)3/h6,9,11,13-14H,5,7-8,10H2,1-4H3,(H,22,27)(H,25,26). The fourth-order valence-electron chi connectivity index (χ4n) is 3.65. The van der Waals surface area contributed by atoms with Crippen molar-refractivity contribution in [3.8, 4) is 0 Å². The summed E-state index contributed by atoms with van der Waals surface area (Å²) in [4.78, 5) is 30.3. The number of nitrogens with one attached hydrogen (secondary N) is 1. The molecule has 8 nitrogen and oxygen atoms in total. The van der Waals surface area contributed by atoms with E-state index >= 15 is 0 Å². The summed E-state index contributed by atoms with van der Waals surface area (Å²) >= 11 is 0. The molecular formula is C19H27N5O3. The first-order valence-corrected chi connectivity index (χ1v) is 9.41. The average Bonchev–Trinajstić information content (AvgIpc) is 2.98. The van der Waals surface area contributed by atoms with Gasteiger partial charge in [0.2, 0.25) is 0 Å². The zero-order valence-electron chi connectivity index (χ0n) is 16.3. The zero-order chi connectivity index (χ0) is 19.7. The lowest BCUT2D eigenvalue weighted by Gasteiger charge is -2.42. The minimum absolute atomic E-state index is 0.0421. The Morgan fingerprint density at radius 1 is 1.41 bits per heavy atom. The molecule has 1 fully saturated rings. The molecule has 0 spiro atoms. The molecule has 27 heavy (non-hydrogen) atoms. The van der Waals surface area contributed by atoms with Gasteiger partial charge in [0, 0.05) is 23.8 Å². The molecule has 2 N–H and O–H groups in total. The number of hydrogen-bond acceptors (Lipinski definition) is 5. The number of likely N-dealkylation sites (N-methyl/N-ethyl adjacent to an activating group) is 1. The van der Waals surface area contributed by atoms with E-state index in [1.54, 1.807) is 12.3 Å². The lowest BCUT2D eigenvalue weighted by atomic mass is 9.85. The van der Waals surface area contributed by atoms with E-state index in [1.165, 1.54) is 0 Å². The SMILES string of the molecule is CCN(CC(=O)O)C1CC(NC(=O)c2cc(C)nc3c2cnn3C(C)C)C1. The molecule has 146 valence electrons. The lowest BCUT2D eigenvalue weighted by molar-refractivity contribution is -0.139. The summed E-state index contributed by atoms with van der Waals surface area (Å²) in [6.07, 6.45) is 3.24. The van der Waals surface area contributed by atoms with Crippen molar-refractivity contribution in [2.45, 2.75) is 58.7 Å². The summed E-state index contributed by atoms with van der Waals surface area (Å²) in [6, 6.07) is 2.23. The van der Waals surface area contributed by atoms with E-state index in [0.29, 0.717) is 12.1 Å². The van der Waals surface area contributed by atoms with Crippen molar-refractivity contribution in [2.24, 2.45) is 0 Å². The molecule has 2 aromatic heterocycles. The maximum absolute atomic E-state index is 12.8. The lowest BCUT2D eigenvalue weighted by Crippen LogP contribution is -2.54. The van der Waals surface area contributed by atoms with Crippen LogP contribution in [-0.4, -0.2) is 61.8 Å². The van der Waals surface area contributed by atoms with Crippen LogP contribution in [0.15, 0.2) is 12.3 Å². The van der Waals surface area contributed by atoms with Crippen LogP contribution < -0.4 is 5.32 Å². The van der Waals surface area contributed by atoms with Gasteiger partial charge < -0.3 is 10.4 Å². The second-order valence-electron chi connectivity index (χ2n) is 7.48. The Balaban J connectivity index is 1.70. The van der Waals surface area contributed by atoms with Gasteiger partial charge in [-0.25, -0.2) is 9.67 Å². The van der Waals surface area contributed by atoms with Crippen LogP contribution in [0, 0.1) is 6.92 Å². The van der Waals surface area contributed by atoms with E-state index in [2.05, 4.69) is 15.4 Å². The van der Waals surface area contributed by atoms with Crippen LogP contribution in [0.5, 0.6) is 0 Å². The van der Waals surface area contributed by atoms with Crippen molar-refractivity contribution in [1.29, 1.82) is 0 Å². The number of carbonyl (C=O) groups excluding carboxylic acids is 1. The third-order valence-corrected chi connectivity index (χ3v) is 5.14. The predicted octanol–water partition coefficient (Wildman–Crippen LogP) is 1.99. The van der Waals surface area contributed by atoms with Crippen molar-refractivity contribution in [1.82, 2.24) is 25.0 Å². The molecule has 1 amide bonds. The van der Waals surface area contributed by atoms with Crippen LogP contribution in [0.2, 0.25) is 0 Å². The summed E-state index contributed by atoms with van der Waals surface area (Å²) in [6.45, 7) is 8.62. The van der Waals surface area contributed by atoms with Crippen LogP contribution in [0.25, 0.3) is 11.0 Å². The molecule has 0 aromatic carbocycles. The molecule has 0 atom stereocenters. The Bertz CT molecular complexity index is 854. The van der Waals surface area contributed by atoms with Crippen molar-refractivity contribution in [2.75, 3.05) is 13.1 Å². The van der Waals surface area contributed by atoms with E-state index < -0.39 is 5.97 Å². The Labute approximate surface area is 158 Å². The predicted molar refractivity (Wildman–Crippen MR) is 102 cm³/mol. The molecule has 0 bridgehead atoms. The minimum Gasteiger partial charge on any atom is -0.480 e. The summed E-state index contributed by atoms with van der Waals surface area (Å²) in [5.41, 5.74) is 2.09. The van der Waals surface area contributed by atoms with Gasteiger partial charge in [-0.1, -0.05) is 6.92 Å². The number of hydrogen-bond donors (Lipinski definition) is 2. The summed E-state index contributed by atoms with van der Waals surface area (Å²) in [7, 11) is 0. The quantitative estimate of drug-likeness (QED) is 0.770. The number of carbonyl (C=O) groups is 2. The Hall–Kier alpha value is -2.48. The normalized spacial score (nSPS) is 19.5. The molecule has 0 radical (unpaired) electrons. The number of nitrogens with zero attached hydrogens (tertiary/aromatic N) is 4. The van der Waals surface area contributed by atoms with E-state index in [0.717, 1.165) is 29.6 Å². The van der Waals surface area contributed by atoms with Crippen LogP contribution in [-0.2, 0) is 4.79 Å². The van der Waals surface area contributed by atoms with E-state index in [-0.39, 0.29) is 30.6 Å². The smallest absolute Gasteiger partial charge is 0.317 e. The Morgan fingerprint density at radius 3 is 2.70 bits per heavy atom. The number of amides is 1. The first-order chi connectivity index (χ1) is 12.8. The fraction of sp³-hybridized carbons (Fsp3) is 0.579. The van der Waals surface area contributed by atoms with Crippen molar-refractivity contribution in [3.05, 3.63) is 23.5 Å².